The minimum absolute atomic E-state index is 0.185. The fraction of sp³-hybridized carbons (Fsp3) is 0.300. The molecule has 0 bridgehead atoms. The Bertz CT molecular complexity index is 756. The first-order chi connectivity index (χ1) is 12.1. The van der Waals surface area contributed by atoms with Crippen LogP contribution < -0.4 is 15.4 Å². The molecule has 0 aliphatic heterocycles. The molecule has 0 radical (unpaired) electrons. The topological polar surface area (TPSA) is 67.4 Å². The molecule has 2 N–H and O–H groups in total. The van der Waals surface area contributed by atoms with Crippen LogP contribution in [0.3, 0.4) is 0 Å². The van der Waals surface area contributed by atoms with E-state index in [-0.39, 0.29) is 11.8 Å². The summed E-state index contributed by atoms with van der Waals surface area (Å²) in [5.41, 5.74) is 2.34. The number of carbonyl (C=O) groups excluding carboxylic acids is 2. The molecule has 2 amide bonds. The van der Waals surface area contributed by atoms with Crippen molar-refractivity contribution in [1.82, 2.24) is 5.32 Å². The highest BCUT2D eigenvalue weighted by atomic mass is 16.5. The number of unbranched alkanes of at least 4 members (excludes halogenated alkanes) is 1. The summed E-state index contributed by atoms with van der Waals surface area (Å²) in [6, 6.07) is 12.2. The lowest BCUT2D eigenvalue weighted by Gasteiger charge is -2.12. The second kappa shape index (κ2) is 8.87. The SMILES string of the molecule is CCCCNC(=O)c1ccccc1NC(=O)c1ccc(OC)c(C)c1. The summed E-state index contributed by atoms with van der Waals surface area (Å²) in [7, 11) is 1.59. The molecule has 5 heteroatoms. The maximum atomic E-state index is 12.5. The number of carbonyl (C=O) groups is 2. The van der Waals surface area contributed by atoms with Crippen LogP contribution in [0.5, 0.6) is 5.75 Å². The molecular weight excluding hydrogens is 316 g/mol. The summed E-state index contributed by atoms with van der Waals surface area (Å²) in [4.78, 5) is 24.8. The van der Waals surface area contributed by atoms with E-state index in [1.54, 1.807) is 49.6 Å². The van der Waals surface area contributed by atoms with Gasteiger partial charge in [-0.1, -0.05) is 25.5 Å². The number of nitrogens with one attached hydrogen (secondary N) is 2. The number of hydrogen-bond acceptors (Lipinski definition) is 3. The molecule has 0 saturated heterocycles. The number of hydrogen-bond donors (Lipinski definition) is 2. The highest BCUT2D eigenvalue weighted by Gasteiger charge is 2.14. The van der Waals surface area contributed by atoms with Crippen LogP contribution in [0.1, 0.15) is 46.0 Å². The highest BCUT2D eigenvalue weighted by Crippen LogP contribution is 2.20. The third kappa shape index (κ3) is 4.83. The quantitative estimate of drug-likeness (QED) is 0.754. The van der Waals surface area contributed by atoms with Gasteiger partial charge in [0.15, 0.2) is 0 Å². The molecule has 25 heavy (non-hydrogen) atoms. The van der Waals surface area contributed by atoms with Crippen molar-refractivity contribution in [3.05, 3.63) is 59.2 Å². The predicted octanol–water partition coefficient (Wildman–Crippen LogP) is 3.79. The number of aryl methyl sites for hydroxylation is 1. The van der Waals surface area contributed by atoms with Crippen LogP contribution in [0.15, 0.2) is 42.5 Å². The zero-order chi connectivity index (χ0) is 18.2. The van der Waals surface area contributed by atoms with Gasteiger partial charge < -0.3 is 15.4 Å². The van der Waals surface area contributed by atoms with Crippen LogP contribution in [0.25, 0.3) is 0 Å². The van der Waals surface area contributed by atoms with E-state index in [1.165, 1.54) is 0 Å². The standard InChI is InChI=1S/C20H24N2O3/c1-4-5-12-21-20(24)16-8-6-7-9-17(16)22-19(23)15-10-11-18(25-3)14(2)13-15/h6-11,13H,4-5,12H2,1-3H3,(H,21,24)(H,22,23). The van der Waals surface area contributed by atoms with E-state index >= 15 is 0 Å². The average Bonchev–Trinajstić information content (AvgIpc) is 2.62. The smallest absolute Gasteiger partial charge is 0.255 e. The monoisotopic (exact) mass is 340 g/mol. The van der Waals surface area contributed by atoms with Gasteiger partial charge in [-0.2, -0.15) is 0 Å². The molecule has 132 valence electrons. The third-order valence-electron chi connectivity index (χ3n) is 3.89. The Hall–Kier alpha value is -2.82. The molecule has 0 spiro atoms. The first kappa shape index (κ1) is 18.5. The van der Waals surface area contributed by atoms with Crippen molar-refractivity contribution in [2.45, 2.75) is 26.7 Å². The minimum Gasteiger partial charge on any atom is -0.496 e. The van der Waals surface area contributed by atoms with Crippen molar-refractivity contribution in [2.75, 3.05) is 19.0 Å². The number of methoxy groups -OCH3 is 1. The summed E-state index contributed by atoms with van der Waals surface area (Å²) < 4.78 is 5.21. The number of anilines is 1. The van der Waals surface area contributed by atoms with Gasteiger partial charge in [-0.15, -0.1) is 0 Å². The summed E-state index contributed by atoms with van der Waals surface area (Å²) in [6.45, 7) is 4.57. The molecule has 5 nitrogen and oxygen atoms in total. The van der Waals surface area contributed by atoms with Crippen molar-refractivity contribution in [3.63, 3.8) is 0 Å². The predicted molar refractivity (Wildman–Crippen MR) is 99.4 cm³/mol. The van der Waals surface area contributed by atoms with Gasteiger partial charge in [0.1, 0.15) is 5.75 Å². The van der Waals surface area contributed by atoms with Crippen LogP contribution >= 0.6 is 0 Å². The van der Waals surface area contributed by atoms with Crippen molar-refractivity contribution in [2.24, 2.45) is 0 Å². The summed E-state index contributed by atoms with van der Waals surface area (Å²) in [5, 5.41) is 5.69. The Morgan fingerprint density at radius 2 is 1.84 bits per heavy atom. The van der Waals surface area contributed by atoms with Crippen molar-refractivity contribution < 1.29 is 14.3 Å². The van der Waals surface area contributed by atoms with Crippen LogP contribution in [-0.4, -0.2) is 25.5 Å². The number of ether oxygens (including phenoxy) is 1. The fourth-order valence-electron chi connectivity index (χ4n) is 2.48. The Morgan fingerprint density at radius 1 is 1.08 bits per heavy atom. The lowest BCUT2D eigenvalue weighted by molar-refractivity contribution is 0.0954. The first-order valence-electron chi connectivity index (χ1n) is 8.40. The number of amides is 2. The van der Waals surface area contributed by atoms with Crippen LogP contribution in [-0.2, 0) is 0 Å². The molecule has 2 aromatic carbocycles. The largest absolute Gasteiger partial charge is 0.496 e. The second-order valence-electron chi connectivity index (χ2n) is 5.79. The summed E-state index contributed by atoms with van der Waals surface area (Å²) in [5.74, 6) is 0.280. The second-order valence-corrected chi connectivity index (χ2v) is 5.79. The van der Waals surface area contributed by atoms with Crippen LogP contribution in [0.2, 0.25) is 0 Å². The molecule has 0 aliphatic rings. The zero-order valence-electron chi connectivity index (χ0n) is 14.9. The van der Waals surface area contributed by atoms with Gasteiger partial charge >= 0.3 is 0 Å². The van der Waals surface area contributed by atoms with E-state index in [9.17, 15) is 9.59 Å². The van der Waals surface area contributed by atoms with Gasteiger partial charge in [0.25, 0.3) is 11.8 Å². The zero-order valence-corrected chi connectivity index (χ0v) is 14.9. The maximum absolute atomic E-state index is 12.5. The van der Waals surface area contributed by atoms with Crippen molar-refractivity contribution in [1.29, 1.82) is 0 Å². The van der Waals surface area contributed by atoms with Gasteiger partial charge in [-0.25, -0.2) is 0 Å². The molecule has 0 saturated carbocycles. The molecule has 0 aromatic heterocycles. The molecule has 0 atom stereocenters. The van der Waals surface area contributed by atoms with E-state index in [2.05, 4.69) is 17.6 Å². The van der Waals surface area contributed by atoms with E-state index in [4.69, 9.17) is 4.74 Å². The summed E-state index contributed by atoms with van der Waals surface area (Å²) >= 11 is 0. The van der Waals surface area contributed by atoms with E-state index in [0.29, 0.717) is 23.4 Å². The molecule has 2 rings (SSSR count). The van der Waals surface area contributed by atoms with E-state index < -0.39 is 0 Å². The molecule has 0 fully saturated rings. The van der Waals surface area contributed by atoms with Gasteiger partial charge in [-0.3, -0.25) is 9.59 Å². The molecule has 0 heterocycles. The van der Waals surface area contributed by atoms with Gasteiger partial charge in [0.2, 0.25) is 0 Å². The van der Waals surface area contributed by atoms with Gasteiger partial charge in [-0.05, 0) is 49.2 Å². The van der Waals surface area contributed by atoms with Crippen LogP contribution in [0.4, 0.5) is 5.69 Å². The minimum atomic E-state index is -0.264. The Balaban J connectivity index is 2.15. The average molecular weight is 340 g/mol. The fourth-order valence-corrected chi connectivity index (χ4v) is 2.48. The highest BCUT2D eigenvalue weighted by molar-refractivity contribution is 6.09. The lowest BCUT2D eigenvalue weighted by atomic mass is 10.1. The number of para-hydroxylation sites is 1. The Morgan fingerprint density at radius 3 is 2.52 bits per heavy atom. The van der Waals surface area contributed by atoms with Crippen molar-refractivity contribution >= 4 is 17.5 Å². The third-order valence-corrected chi connectivity index (χ3v) is 3.89. The molecular formula is C20H24N2O3. The Kier molecular flexibility index (Phi) is 6.57. The van der Waals surface area contributed by atoms with E-state index in [1.807, 2.05) is 6.92 Å². The lowest BCUT2D eigenvalue weighted by Crippen LogP contribution is -2.26. The van der Waals surface area contributed by atoms with Gasteiger partial charge in [0, 0.05) is 12.1 Å². The summed E-state index contributed by atoms with van der Waals surface area (Å²) in [6.07, 6.45) is 1.93. The van der Waals surface area contributed by atoms with Crippen LogP contribution in [0, 0.1) is 6.92 Å². The number of benzene rings is 2. The van der Waals surface area contributed by atoms with Gasteiger partial charge in [0.05, 0.1) is 18.4 Å². The molecule has 0 aliphatic carbocycles. The molecule has 0 unspecified atom stereocenters. The maximum Gasteiger partial charge on any atom is 0.255 e. The molecule has 2 aromatic rings. The first-order valence-corrected chi connectivity index (χ1v) is 8.40. The normalized spacial score (nSPS) is 10.2. The number of rotatable bonds is 7. The Labute approximate surface area is 148 Å². The van der Waals surface area contributed by atoms with Crippen molar-refractivity contribution in [3.8, 4) is 5.75 Å². The van der Waals surface area contributed by atoms with E-state index in [0.717, 1.165) is 24.2 Å².